The molecule has 0 aliphatic carbocycles. The molecule has 3 nitrogen and oxygen atoms in total. The molecule has 0 spiro atoms. The first-order chi connectivity index (χ1) is 7.93. The van der Waals surface area contributed by atoms with Gasteiger partial charge in [0, 0.05) is 12.8 Å². The smallest absolute Gasteiger partial charge is 0.430 e. The zero-order chi connectivity index (χ0) is 12.9. The highest BCUT2D eigenvalue weighted by Gasteiger charge is 2.36. The summed E-state index contributed by atoms with van der Waals surface area (Å²) in [6, 6.07) is 0. The Morgan fingerprint density at radius 3 is 2.59 bits per heavy atom. The van der Waals surface area contributed by atoms with Crippen LogP contribution >= 0.6 is 0 Å². The maximum absolute atomic E-state index is 11.4. The van der Waals surface area contributed by atoms with Gasteiger partial charge in [-0.05, 0) is 11.8 Å². The molecule has 0 N–H and O–H groups in total. The third-order valence-electron chi connectivity index (χ3n) is 2.97. The van der Waals surface area contributed by atoms with Gasteiger partial charge >= 0.3 is 6.16 Å². The van der Waals surface area contributed by atoms with Crippen LogP contribution in [0.2, 0.25) is 0 Å². The Labute approximate surface area is 104 Å². The van der Waals surface area contributed by atoms with Crippen LogP contribution in [0.4, 0.5) is 4.79 Å². The lowest BCUT2D eigenvalue weighted by Crippen LogP contribution is -2.41. The molecule has 1 saturated heterocycles. The van der Waals surface area contributed by atoms with Crippen molar-refractivity contribution in [1.29, 1.82) is 0 Å². The average molecular weight is 240 g/mol. The molecular formula is C14H24O3. The normalized spacial score (nSPS) is 25.8. The molecule has 2 atom stereocenters. The van der Waals surface area contributed by atoms with E-state index >= 15 is 0 Å². The van der Waals surface area contributed by atoms with Crippen molar-refractivity contribution in [3.63, 3.8) is 0 Å². The number of rotatable bonds is 4. The molecule has 1 rings (SSSR count). The summed E-state index contributed by atoms with van der Waals surface area (Å²) in [4.78, 5) is 11.4. The molecule has 0 aromatic carbocycles. The molecule has 0 radical (unpaired) electrons. The molecule has 1 aliphatic heterocycles. The van der Waals surface area contributed by atoms with Gasteiger partial charge in [-0.2, -0.15) is 0 Å². The van der Waals surface area contributed by atoms with E-state index in [2.05, 4.69) is 39.8 Å². The SMILES string of the molecule is CCC/C=C/CC1CC(C(C)(C)C)OC(=O)O1. The summed E-state index contributed by atoms with van der Waals surface area (Å²) in [6.07, 6.45) is 7.45. The highest BCUT2D eigenvalue weighted by Crippen LogP contribution is 2.31. The van der Waals surface area contributed by atoms with E-state index in [0.717, 1.165) is 25.7 Å². The van der Waals surface area contributed by atoms with E-state index in [9.17, 15) is 4.79 Å². The summed E-state index contributed by atoms with van der Waals surface area (Å²) >= 11 is 0. The number of ether oxygens (including phenoxy) is 2. The number of cyclic esters (lactones) is 2. The fourth-order valence-electron chi connectivity index (χ4n) is 1.82. The zero-order valence-corrected chi connectivity index (χ0v) is 11.4. The van der Waals surface area contributed by atoms with E-state index in [4.69, 9.17) is 9.47 Å². The summed E-state index contributed by atoms with van der Waals surface area (Å²) in [6.45, 7) is 8.40. The summed E-state index contributed by atoms with van der Waals surface area (Å²) < 4.78 is 10.4. The summed E-state index contributed by atoms with van der Waals surface area (Å²) in [5.41, 5.74) is -0.0230. The fourth-order valence-corrected chi connectivity index (χ4v) is 1.82. The number of carbonyl (C=O) groups excluding carboxylic acids is 1. The third-order valence-corrected chi connectivity index (χ3v) is 2.97. The van der Waals surface area contributed by atoms with Crippen molar-refractivity contribution in [2.75, 3.05) is 0 Å². The molecule has 1 aliphatic rings. The lowest BCUT2D eigenvalue weighted by Gasteiger charge is -2.36. The second-order valence-electron chi connectivity index (χ2n) is 5.69. The van der Waals surface area contributed by atoms with Crippen molar-refractivity contribution in [1.82, 2.24) is 0 Å². The van der Waals surface area contributed by atoms with Crippen LogP contribution in [-0.4, -0.2) is 18.4 Å². The molecule has 17 heavy (non-hydrogen) atoms. The van der Waals surface area contributed by atoms with Crippen molar-refractivity contribution >= 4 is 6.16 Å². The average Bonchev–Trinajstić information content (AvgIpc) is 2.22. The number of allylic oxidation sites excluding steroid dienone is 1. The predicted octanol–water partition coefficient (Wildman–Crippen LogP) is 4.07. The van der Waals surface area contributed by atoms with Gasteiger partial charge < -0.3 is 9.47 Å². The number of hydrogen-bond acceptors (Lipinski definition) is 3. The van der Waals surface area contributed by atoms with Crippen LogP contribution in [0.25, 0.3) is 0 Å². The fraction of sp³-hybridized carbons (Fsp3) is 0.786. The maximum atomic E-state index is 11.4. The molecule has 0 saturated carbocycles. The Balaban J connectivity index is 2.48. The Bertz CT molecular complexity index is 276. The van der Waals surface area contributed by atoms with Gasteiger partial charge in [-0.3, -0.25) is 0 Å². The Morgan fingerprint density at radius 2 is 2.00 bits per heavy atom. The van der Waals surface area contributed by atoms with Crippen LogP contribution in [0.1, 0.15) is 53.4 Å². The van der Waals surface area contributed by atoms with E-state index in [1.54, 1.807) is 0 Å². The topological polar surface area (TPSA) is 35.5 Å². The molecule has 3 heteroatoms. The van der Waals surface area contributed by atoms with Gasteiger partial charge in [-0.15, -0.1) is 0 Å². The number of hydrogen-bond donors (Lipinski definition) is 0. The Hall–Kier alpha value is -0.990. The molecule has 1 fully saturated rings. The van der Waals surface area contributed by atoms with Gasteiger partial charge in [-0.25, -0.2) is 4.79 Å². The van der Waals surface area contributed by atoms with Crippen LogP contribution in [0.3, 0.4) is 0 Å². The van der Waals surface area contributed by atoms with Crippen molar-refractivity contribution in [2.45, 2.75) is 65.6 Å². The van der Waals surface area contributed by atoms with Crippen LogP contribution in [0.15, 0.2) is 12.2 Å². The molecule has 0 bridgehead atoms. The quantitative estimate of drug-likeness (QED) is 0.549. The van der Waals surface area contributed by atoms with Crippen molar-refractivity contribution in [3.05, 3.63) is 12.2 Å². The van der Waals surface area contributed by atoms with Gasteiger partial charge in [0.25, 0.3) is 0 Å². The highest BCUT2D eigenvalue weighted by molar-refractivity contribution is 5.61. The van der Waals surface area contributed by atoms with Gasteiger partial charge in [-0.1, -0.05) is 46.3 Å². The summed E-state index contributed by atoms with van der Waals surface area (Å²) in [5.74, 6) is 0. The van der Waals surface area contributed by atoms with Crippen LogP contribution in [0.5, 0.6) is 0 Å². The first kappa shape index (κ1) is 14.1. The lowest BCUT2D eigenvalue weighted by molar-refractivity contribution is -0.0920. The molecule has 98 valence electrons. The minimum Gasteiger partial charge on any atom is -0.430 e. The molecule has 0 aromatic rings. The first-order valence-corrected chi connectivity index (χ1v) is 6.45. The second kappa shape index (κ2) is 6.08. The minimum atomic E-state index is -0.523. The lowest BCUT2D eigenvalue weighted by atomic mass is 9.85. The molecule has 2 unspecified atom stereocenters. The van der Waals surface area contributed by atoms with Crippen LogP contribution < -0.4 is 0 Å². The predicted molar refractivity (Wildman–Crippen MR) is 67.9 cm³/mol. The Morgan fingerprint density at radius 1 is 1.29 bits per heavy atom. The molecule has 0 aromatic heterocycles. The monoisotopic (exact) mass is 240 g/mol. The Kier molecular flexibility index (Phi) is 5.03. The van der Waals surface area contributed by atoms with E-state index < -0.39 is 6.16 Å². The van der Waals surface area contributed by atoms with Crippen molar-refractivity contribution < 1.29 is 14.3 Å². The van der Waals surface area contributed by atoms with Gasteiger partial charge in [0.1, 0.15) is 12.2 Å². The van der Waals surface area contributed by atoms with Crippen molar-refractivity contribution in [3.8, 4) is 0 Å². The summed E-state index contributed by atoms with van der Waals surface area (Å²) in [7, 11) is 0. The van der Waals surface area contributed by atoms with Gasteiger partial charge in [0.15, 0.2) is 0 Å². The third kappa shape index (κ3) is 4.80. The highest BCUT2D eigenvalue weighted by atomic mass is 16.7. The maximum Gasteiger partial charge on any atom is 0.508 e. The van der Waals surface area contributed by atoms with Gasteiger partial charge in [0.05, 0.1) is 0 Å². The van der Waals surface area contributed by atoms with E-state index in [0.29, 0.717) is 0 Å². The number of unbranched alkanes of at least 4 members (excludes halogenated alkanes) is 1. The first-order valence-electron chi connectivity index (χ1n) is 6.45. The largest absolute Gasteiger partial charge is 0.508 e. The number of carbonyl (C=O) groups is 1. The van der Waals surface area contributed by atoms with E-state index in [1.165, 1.54) is 0 Å². The van der Waals surface area contributed by atoms with Crippen LogP contribution in [0, 0.1) is 5.41 Å². The molecule has 0 amide bonds. The van der Waals surface area contributed by atoms with E-state index in [-0.39, 0.29) is 17.6 Å². The van der Waals surface area contributed by atoms with Crippen LogP contribution in [-0.2, 0) is 9.47 Å². The minimum absolute atomic E-state index is 0.0230. The van der Waals surface area contributed by atoms with E-state index in [1.807, 2.05) is 0 Å². The molecular weight excluding hydrogens is 216 g/mol. The standard InChI is InChI=1S/C14H24O3/c1-5-6-7-8-9-11-10-12(14(2,3)4)17-13(15)16-11/h7-8,11-12H,5-6,9-10H2,1-4H3/b8-7+. The zero-order valence-electron chi connectivity index (χ0n) is 11.4. The summed E-state index contributed by atoms with van der Waals surface area (Å²) in [5, 5.41) is 0. The van der Waals surface area contributed by atoms with Gasteiger partial charge in [0.2, 0.25) is 0 Å². The van der Waals surface area contributed by atoms with Crippen molar-refractivity contribution in [2.24, 2.45) is 5.41 Å². The molecule has 1 heterocycles. The second-order valence-corrected chi connectivity index (χ2v) is 5.69.